The highest BCUT2D eigenvalue weighted by molar-refractivity contribution is 7.99. The Morgan fingerprint density at radius 3 is 2.75 bits per heavy atom. The van der Waals surface area contributed by atoms with Gasteiger partial charge in [-0.25, -0.2) is 4.39 Å². The van der Waals surface area contributed by atoms with Gasteiger partial charge < -0.3 is 14.5 Å². The summed E-state index contributed by atoms with van der Waals surface area (Å²) in [6, 6.07) is 9.75. The number of aromatic nitrogens is 3. The van der Waals surface area contributed by atoms with Gasteiger partial charge in [0.2, 0.25) is 0 Å². The minimum atomic E-state index is -0.307. The van der Waals surface area contributed by atoms with E-state index in [2.05, 4.69) is 15.5 Å². The summed E-state index contributed by atoms with van der Waals surface area (Å²) in [6.07, 6.45) is 1.44. The fourth-order valence-electron chi connectivity index (χ4n) is 2.44. The van der Waals surface area contributed by atoms with Crippen LogP contribution in [0.15, 0.2) is 52.2 Å². The van der Waals surface area contributed by atoms with E-state index in [0.29, 0.717) is 24.1 Å². The first-order valence-electron chi connectivity index (χ1n) is 8.77. The van der Waals surface area contributed by atoms with Crippen LogP contribution in [0.4, 0.5) is 10.1 Å². The second kappa shape index (κ2) is 9.41. The van der Waals surface area contributed by atoms with Gasteiger partial charge in [-0.1, -0.05) is 11.8 Å². The smallest absolute Gasteiger partial charge is 0.316 e. The molecule has 0 bridgehead atoms. The molecule has 148 valence electrons. The maximum Gasteiger partial charge on any atom is 0.316 e. The Morgan fingerprint density at radius 1 is 1.29 bits per heavy atom. The predicted molar refractivity (Wildman–Crippen MR) is 104 cm³/mol. The molecule has 1 aromatic carbocycles. The molecule has 0 aliphatic carbocycles. The van der Waals surface area contributed by atoms with Crippen molar-refractivity contribution in [3.63, 3.8) is 0 Å². The van der Waals surface area contributed by atoms with E-state index in [0.717, 1.165) is 11.4 Å². The van der Waals surface area contributed by atoms with E-state index in [9.17, 15) is 9.18 Å². The van der Waals surface area contributed by atoms with Crippen molar-refractivity contribution in [2.75, 3.05) is 11.1 Å². The summed E-state index contributed by atoms with van der Waals surface area (Å²) in [7, 11) is 0. The van der Waals surface area contributed by atoms with E-state index in [4.69, 9.17) is 9.15 Å². The third-order valence-corrected chi connectivity index (χ3v) is 4.61. The fourth-order valence-corrected chi connectivity index (χ4v) is 3.18. The summed E-state index contributed by atoms with van der Waals surface area (Å²) in [5, 5.41) is 12.2. The number of halogens is 1. The average Bonchev–Trinajstić information content (AvgIpc) is 3.30. The molecule has 9 heteroatoms. The van der Waals surface area contributed by atoms with Gasteiger partial charge in [-0.2, -0.15) is 0 Å². The molecule has 0 amide bonds. The first kappa shape index (κ1) is 19.9. The highest BCUT2D eigenvalue weighted by Crippen LogP contribution is 2.20. The van der Waals surface area contributed by atoms with Gasteiger partial charge in [0.05, 0.1) is 31.2 Å². The molecule has 7 nitrogen and oxygen atoms in total. The number of thioether (sulfide) groups is 1. The van der Waals surface area contributed by atoms with Crippen molar-refractivity contribution in [1.82, 2.24) is 14.8 Å². The average molecular weight is 404 g/mol. The number of nitrogens with zero attached hydrogens (tertiary/aromatic N) is 3. The van der Waals surface area contributed by atoms with Gasteiger partial charge in [0.1, 0.15) is 11.6 Å². The molecule has 3 aromatic rings. The molecular weight excluding hydrogens is 383 g/mol. The minimum absolute atomic E-state index is 0.139. The van der Waals surface area contributed by atoms with Gasteiger partial charge >= 0.3 is 5.97 Å². The number of furan rings is 1. The maximum absolute atomic E-state index is 13.1. The summed E-state index contributed by atoms with van der Waals surface area (Å²) in [6.45, 7) is 4.43. The molecule has 0 atom stereocenters. The lowest BCUT2D eigenvalue weighted by atomic mass is 10.3. The van der Waals surface area contributed by atoms with Crippen molar-refractivity contribution in [3.05, 3.63) is 60.1 Å². The van der Waals surface area contributed by atoms with E-state index in [1.165, 1.54) is 23.9 Å². The monoisotopic (exact) mass is 404 g/mol. The first-order chi connectivity index (χ1) is 13.5. The number of hydrogen-bond acceptors (Lipinski definition) is 7. The van der Waals surface area contributed by atoms with Crippen LogP contribution < -0.4 is 5.32 Å². The van der Waals surface area contributed by atoms with Crippen LogP contribution in [-0.4, -0.2) is 32.6 Å². The fraction of sp³-hybridized carbons (Fsp3) is 0.316. The topological polar surface area (TPSA) is 82.2 Å². The van der Waals surface area contributed by atoms with Gasteiger partial charge in [-0.3, -0.25) is 9.36 Å². The first-order valence-corrected chi connectivity index (χ1v) is 9.76. The summed E-state index contributed by atoms with van der Waals surface area (Å²) in [5.74, 6) is 0.951. The van der Waals surface area contributed by atoms with E-state index in [1.54, 1.807) is 32.2 Å². The molecule has 0 aliphatic rings. The summed E-state index contributed by atoms with van der Waals surface area (Å²) in [5.41, 5.74) is 0.767. The number of ether oxygens (including phenoxy) is 1. The Hall–Kier alpha value is -2.81. The second-order valence-electron chi connectivity index (χ2n) is 6.25. The Morgan fingerprint density at radius 2 is 2.07 bits per heavy atom. The Kier molecular flexibility index (Phi) is 6.70. The van der Waals surface area contributed by atoms with Gasteiger partial charge in [-0.05, 0) is 50.2 Å². The largest absolute Gasteiger partial charge is 0.467 e. The van der Waals surface area contributed by atoms with Crippen molar-refractivity contribution in [1.29, 1.82) is 0 Å². The molecular formula is C19H21FN4O3S. The lowest BCUT2D eigenvalue weighted by Crippen LogP contribution is -2.14. The molecule has 2 heterocycles. The maximum atomic E-state index is 13.1. The van der Waals surface area contributed by atoms with Gasteiger partial charge in [-0.15, -0.1) is 10.2 Å². The molecule has 28 heavy (non-hydrogen) atoms. The van der Waals surface area contributed by atoms with E-state index in [-0.39, 0.29) is 23.6 Å². The van der Waals surface area contributed by atoms with Gasteiger partial charge in [0.15, 0.2) is 11.0 Å². The third kappa shape index (κ3) is 5.59. The summed E-state index contributed by atoms with van der Waals surface area (Å²) >= 11 is 1.26. The number of anilines is 1. The molecule has 1 N–H and O–H groups in total. The normalized spacial score (nSPS) is 11.0. The number of carbonyl (C=O) groups is 1. The van der Waals surface area contributed by atoms with E-state index in [1.807, 2.05) is 16.7 Å². The third-order valence-electron chi connectivity index (χ3n) is 3.67. The molecule has 0 spiro atoms. The van der Waals surface area contributed by atoms with E-state index < -0.39 is 0 Å². The summed E-state index contributed by atoms with van der Waals surface area (Å²) < 4.78 is 25.5. The number of benzene rings is 1. The van der Waals surface area contributed by atoms with Crippen LogP contribution in [0.2, 0.25) is 0 Å². The van der Waals surface area contributed by atoms with Crippen molar-refractivity contribution < 1.29 is 18.3 Å². The number of nitrogens with one attached hydrogen (secondary N) is 1. The standard InChI is InChI=1S/C19H21FN4O3S/c1-13(2)27-18(25)12-28-19-23-22-17(24(19)11-16-4-3-9-26-16)10-21-15-7-5-14(20)6-8-15/h3-9,13,21H,10-12H2,1-2H3. The summed E-state index contributed by atoms with van der Waals surface area (Å²) in [4.78, 5) is 11.8. The Bertz CT molecular complexity index is 895. The number of esters is 1. The van der Waals surface area contributed by atoms with E-state index >= 15 is 0 Å². The van der Waals surface area contributed by atoms with Crippen LogP contribution in [0.5, 0.6) is 0 Å². The Balaban J connectivity index is 1.72. The molecule has 3 rings (SSSR count). The lowest BCUT2D eigenvalue weighted by Gasteiger charge is -2.11. The van der Waals surface area contributed by atoms with Crippen LogP contribution in [0.3, 0.4) is 0 Å². The van der Waals surface area contributed by atoms with Gasteiger partial charge in [0, 0.05) is 5.69 Å². The zero-order chi connectivity index (χ0) is 19.9. The van der Waals surface area contributed by atoms with Crippen molar-refractivity contribution in [3.8, 4) is 0 Å². The molecule has 0 aliphatic heterocycles. The zero-order valence-electron chi connectivity index (χ0n) is 15.6. The quantitative estimate of drug-likeness (QED) is 0.430. The second-order valence-corrected chi connectivity index (χ2v) is 7.19. The van der Waals surface area contributed by atoms with Crippen LogP contribution >= 0.6 is 11.8 Å². The molecule has 0 saturated carbocycles. The Labute approximate surface area is 166 Å². The zero-order valence-corrected chi connectivity index (χ0v) is 16.4. The van der Waals surface area contributed by atoms with Crippen LogP contribution in [0.1, 0.15) is 25.4 Å². The molecule has 0 unspecified atom stereocenters. The van der Waals surface area contributed by atoms with Gasteiger partial charge in [0.25, 0.3) is 0 Å². The number of carbonyl (C=O) groups excluding carboxylic acids is 1. The van der Waals surface area contributed by atoms with Crippen LogP contribution in [0.25, 0.3) is 0 Å². The van der Waals surface area contributed by atoms with Crippen molar-refractivity contribution in [2.24, 2.45) is 0 Å². The molecule has 0 radical (unpaired) electrons. The molecule has 0 saturated heterocycles. The SMILES string of the molecule is CC(C)OC(=O)CSc1nnc(CNc2ccc(F)cc2)n1Cc1ccco1. The van der Waals surface area contributed by atoms with Crippen molar-refractivity contribution in [2.45, 2.75) is 38.2 Å². The van der Waals surface area contributed by atoms with Crippen LogP contribution in [-0.2, 0) is 22.6 Å². The highest BCUT2D eigenvalue weighted by atomic mass is 32.2. The predicted octanol–water partition coefficient (Wildman–Crippen LogP) is 3.71. The van der Waals surface area contributed by atoms with Crippen LogP contribution in [0, 0.1) is 5.82 Å². The molecule has 2 aromatic heterocycles. The lowest BCUT2D eigenvalue weighted by molar-refractivity contribution is -0.144. The number of rotatable bonds is 9. The highest BCUT2D eigenvalue weighted by Gasteiger charge is 2.16. The van der Waals surface area contributed by atoms with Crippen molar-refractivity contribution >= 4 is 23.4 Å². The molecule has 0 fully saturated rings. The minimum Gasteiger partial charge on any atom is -0.467 e. The number of hydrogen-bond donors (Lipinski definition) is 1.